The molecule has 4 rings (SSSR count). The van der Waals surface area contributed by atoms with Gasteiger partial charge in [-0.15, -0.1) is 11.8 Å². The maximum absolute atomic E-state index is 11.0. The van der Waals surface area contributed by atoms with Crippen molar-refractivity contribution >= 4 is 17.7 Å². The summed E-state index contributed by atoms with van der Waals surface area (Å²) in [5.74, 6) is 2.34. The van der Waals surface area contributed by atoms with Crippen LogP contribution in [0, 0.1) is 5.92 Å². The maximum atomic E-state index is 11.0. The van der Waals surface area contributed by atoms with E-state index in [1.54, 1.807) is 30.5 Å². The van der Waals surface area contributed by atoms with Gasteiger partial charge in [-0.2, -0.15) is 0 Å². The Hall–Kier alpha value is -2.53. The average Bonchev–Trinajstić information content (AvgIpc) is 3.39. The van der Waals surface area contributed by atoms with Gasteiger partial charge in [0, 0.05) is 21.8 Å². The van der Waals surface area contributed by atoms with Gasteiger partial charge in [-0.05, 0) is 66.1 Å². The summed E-state index contributed by atoms with van der Waals surface area (Å²) in [6, 6.07) is 13.1. The molecule has 3 aromatic rings. The van der Waals surface area contributed by atoms with E-state index < -0.39 is 5.97 Å². The van der Waals surface area contributed by atoms with Crippen LogP contribution >= 0.6 is 11.8 Å². The number of carbonyl (C=O) groups is 1. The smallest absolute Gasteiger partial charge is 0.335 e. The van der Waals surface area contributed by atoms with Crippen molar-refractivity contribution in [2.45, 2.75) is 43.9 Å². The number of thioether (sulfide) groups is 1. The van der Waals surface area contributed by atoms with Crippen molar-refractivity contribution in [1.82, 2.24) is 4.98 Å². The van der Waals surface area contributed by atoms with Crippen LogP contribution in [0.4, 0.5) is 0 Å². The molecule has 1 saturated carbocycles. The van der Waals surface area contributed by atoms with Gasteiger partial charge < -0.3 is 9.52 Å². The molecule has 1 aliphatic rings. The first-order chi connectivity index (χ1) is 13.8. The van der Waals surface area contributed by atoms with Crippen LogP contribution in [-0.2, 0) is 5.41 Å². The fraction of sp³-hybridized carbons (Fsp3) is 0.333. The minimum atomic E-state index is -0.945. The first-order valence-electron chi connectivity index (χ1n) is 9.88. The Labute approximate surface area is 175 Å². The van der Waals surface area contributed by atoms with Crippen molar-refractivity contribution < 1.29 is 14.3 Å². The van der Waals surface area contributed by atoms with Gasteiger partial charge in [-0.25, -0.2) is 9.78 Å². The third-order valence-electron chi connectivity index (χ3n) is 5.13. The number of aromatic carboxylic acids is 1. The molecule has 29 heavy (non-hydrogen) atoms. The fourth-order valence-corrected chi connectivity index (χ4v) is 4.62. The highest BCUT2D eigenvalue weighted by Crippen LogP contribution is 2.40. The number of benzene rings is 2. The zero-order chi connectivity index (χ0) is 20.6. The number of carboxylic acids is 1. The Bertz CT molecular complexity index is 1030. The molecule has 0 amide bonds. The molecule has 0 bridgehead atoms. The fourth-order valence-electron chi connectivity index (χ4n) is 3.18. The van der Waals surface area contributed by atoms with Crippen molar-refractivity contribution in [1.29, 1.82) is 0 Å². The molecule has 0 atom stereocenters. The Morgan fingerprint density at radius 1 is 1.14 bits per heavy atom. The Morgan fingerprint density at radius 2 is 1.83 bits per heavy atom. The normalized spacial score (nSPS) is 14.2. The van der Waals surface area contributed by atoms with Crippen molar-refractivity contribution in [3.05, 3.63) is 59.8 Å². The van der Waals surface area contributed by atoms with Gasteiger partial charge in [0.15, 0.2) is 5.76 Å². The summed E-state index contributed by atoms with van der Waals surface area (Å²) in [5, 5.41) is 9.04. The van der Waals surface area contributed by atoms with E-state index in [0.717, 1.165) is 17.0 Å². The van der Waals surface area contributed by atoms with E-state index in [-0.39, 0.29) is 11.0 Å². The predicted molar refractivity (Wildman–Crippen MR) is 116 cm³/mol. The summed E-state index contributed by atoms with van der Waals surface area (Å²) in [5.41, 5.74) is 3.37. The zero-order valence-electron chi connectivity index (χ0n) is 16.9. The Kier molecular flexibility index (Phi) is 5.26. The molecular weight excluding hydrogens is 382 g/mol. The van der Waals surface area contributed by atoms with Crippen molar-refractivity contribution in [2.24, 2.45) is 5.92 Å². The molecule has 1 N–H and O–H groups in total. The average molecular weight is 408 g/mol. The first kappa shape index (κ1) is 19.8. The van der Waals surface area contributed by atoms with Crippen LogP contribution in [0.5, 0.6) is 0 Å². The molecule has 0 unspecified atom stereocenters. The lowest BCUT2D eigenvalue weighted by Crippen LogP contribution is -2.13. The molecule has 0 aliphatic heterocycles. The summed E-state index contributed by atoms with van der Waals surface area (Å²) in [7, 11) is 0. The van der Waals surface area contributed by atoms with Crippen molar-refractivity contribution in [3.8, 4) is 22.8 Å². The number of hydrogen-bond donors (Lipinski definition) is 1. The number of nitrogens with zero attached hydrogens (tertiary/aromatic N) is 1. The molecule has 5 heteroatoms. The molecule has 2 aromatic carbocycles. The number of oxazole rings is 1. The van der Waals surface area contributed by atoms with Crippen LogP contribution in [0.3, 0.4) is 0 Å². The minimum absolute atomic E-state index is 0.0391. The molecule has 4 nitrogen and oxygen atoms in total. The number of rotatable bonds is 6. The van der Waals surface area contributed by atoms with Crippen LogP contribution in [-0.4, -0.2) is 21.8 Å². The second-order valence-corrected chi connectivity index (χ2v) is 9.69. The lowest BCUT2D eigenvalue weighted by atomic mass is 9.86. The summed E-state index contributed by atoms with van der Waals surface area (Å²) in [6.45, 7) is 6.72. The SMILES string of the molecule is CC(C)(C)c1cc(-c2cnc(-c3ccc(C(=O)O)cc3)o2)ccc1SCC1CC1. The zero-order valence-corrected chi connectivity index (χ0v) is 17.8. The van der Waals surface area contributed by atoms with E-state index in [1.807, 2.05) is 11.8 Å². The lowest BCUT2D eigenvalue weighted by Gasteiger charge is -2.23. The molecule has 0 spiro atoms. The largest absolute Gasteiger partial charge is 0.478 e. The lowest BCUT2D eigenvalue weighted by molar-refractivity contribution is 0.0697. The Morgan fingerprint density at radius 3 is 2.45 bits per heavy atom. The van der Waals surface area contributed by atoms with Crippen LogP contribution in [0.15, 0.2) is 58.0 Å². The van der Waals surface area contributed by atoms with Gasteiger partial charge >= 0.3 is 5.97 Å². The van der Waals surface area contributed by atoms with Crippen molar-refractivity contribution in [3.63, 3.8) is 0 Å². The van der Waals surface area contributed by atoms with E-state index in [2.05, 4.69) is 44.0 Å². The number of hydrogen-bond acceptors (Lipinski definition) is 4. The molecule has 1 aromatic heterocycles. The van der Waals surface area contributed by atoms with E-state index >= 15 is 0 Å². The van der Waals surface area contributed by atoms with Crippen LogP contribution < -0.4 is 0 Å². The molecular formula is C24H25NO3S. The van der Waals surface area contributed by atoms with Crippen molar-refractivity contribution in [2.75, 3.05) is 5.75 Å². The van der Waals surface area contributed by atoms with Crippen LogP contribution in [0.1, 0.15) is 49.5 Å². The molecule has 1 aliphatic carbocycles. The predicted octanol–water partition coefficient (Wildman–Crippen LogP) is 6.51. The summed E-state index contributed by atoms with van der Waals surface area (Å²) >= 11 is 1.96. The quantitative estimate of drug-likeness (QED) is 0.472. The maximum Gasteiger partial charge on any atom is 0.335 e. The molecule has 0 radical (unpaired) electrons. The monoisotopic (exact) mass is 407 g/mol. The highest BCUT2D eigenvalue weighted by molar-refractivity contribution is 7.99. The van der Waals surface area contributed by atoms with E-state index in [4.69, 9.17) is 9.52 Å². The molecule has 0 saturated heterocycles. The van der Waals surface area contributed by atoms with Gasteiger partial charge in [0.05, 0.1) is 11.8 Å². The molecule has 1 heterocycles. The standard InChI is InChI=1S/C24H25NO3S/c1-24(2,3)19-12-18(10-11-21(19)29-14-15-4-5-15)20-13-25-22(28-20)16-6-8-17(9-7-16)23(26)27/h6-13,15H,4-5,14H2,1-3H3,(H,26,27). The van der Waals surface area contributed by atoms with E-state index in [0.29, 0.717) is 11.7 Å². The first-order valence-corrected chi connectivity index (χ1v) is 10.9. The molecule has 1 fully saturated rings. The third-order valence-corrected chi connectivity index (χ3v) is 6.43. The third kappa shape index (κ3) is 4.56. The summed E-state index contributed by atoms with van der Waals surface area (Å²) < 4.78 is 6.01. The van der Waals surface area contributed by atoms with Gasteiger partial charge in [-0.1, -0.05) is 26.8 Å². The molecule has 150 valence electrons. The van der Waals surface area contributed by atoms with Gasteiger partial charge in [0.25, 0.3) is 0 Å². The number of aromatic nitrogens is 1. The summed E-state index contributed by atoms with van der Waals surface area (Å²) in [4.78, 5) is 16.8. The van der Waals surface area contributed by atoms with Crippen LogP contribution in [0.25, 0.3) is 22.8 Å². The Balaban J connectivity index is 1.61. The highest BCUT2D eigenvalue weighted by Gasteiger charge is 2.24. The second-order valence-electron chi connectivity index (χ2n) is 8.63. The summed E-state index contributed by atoms with van der Waals surface area (Å²) in [6.07, 6.45) is 4.47. The van der Waals surface area contributed by atoms with Crippen LogP contribution in [0.2, 0.25) is 0 Å². The number of carboxylic acid groups (broad SMARTS) is 1. The second kappa shape index (κ2) is 7.71. The van der Waals surface area contributed by atoms with Gasteiger partial charge in [-0.3, -0.25) is 0 Å². The van der Waals surface area contributed by atoms with E-state index in [9.17, 15) is 4.79 Å². The topological polar surface area (TPSA) is 63.3 Å². The minimum Gasteiger partial charge on any atom is -0.478 e. The van der Waals surface area contributed by atoms with Gasteiger partial charge in [0.1, 0.15) is 0 Å². The highest BCUT2D eigenvalue weighted by atomic mass is 32.2. The van der Waals surface area contributed by atoms with E-state index in [1.165, 1.54) is 29.1 Å². The van der Waals surface area contributed by atoms with Gasteiger partial charge in [0.2, 0.25) is 5.89 Å².